The monoisotopic (exact) mass is 724 g/mol. The van der Waals surface area contributed by atoms with Crippen LogP contribution in [0.2, 0.25) is 0 Å². The zero-order valence-corrected chi connectivity index (χ0v) is 32.1. The standard InChI is InChI=1S/C57H40/c1-35-22-42(40-18-20-50-48-14-6-8-16-52(48)56(54(50)29-40)31-44-24-36-10-2-3-11-37(36)25-45(44)32-56)28-43(23-35)41-19-21-51-49-15-7-9-17-53(49)57(55(51)30-41)33-46-26-38-12-4-5-13-39(38)27-47(46)34-57/h2-30H,31-34H2,1H3. The van der Waals surface area contributed by atoms with Crippen molar-refractivity contribution in [1.29, 1.82) is 0 Å². The van der Waals surface area contributed by atoms with E-state index in [-0.39, 0.29) is 10.8 Å². The van der Waals surface area contributed by atoms with Crippen LogP contribution in [0.15, 0.2) is 176 Å². The molecule has 9 aromatic rings. The van der Waals surface area contributed by atoms with Crippen molar-refractivity contribution in [1.82, 2.24) is 0 Å². The van der Waals surface area contributed by atoms with Crippen molar-refractivity contribution in [3.05, 3.63) is 226 Å². The number of fused-ring (bicyclic) bond motifs is 14. The van der Waals surface area contributed by atoms with Gasteiger partial charge in [-0.2, -0.15) is 0 Å². The SMILES string of the molecule is Cc1cc(-c2ccc3c(c2)C2(Cc4cc5ccccc5cc4C2)c2ccccc2-3)cc(-c2ccc3c(c2)C2(Cc4cc5ccccc5cc4C2)c2ccccc2-3)c1. The van der Waals surface area contributed by atoms with Gasteiger partial charge in [0.2, 0.25) is 0 Å². The summed E-state index contributed by atoms with van der Waals surface area (Å²) in [4.78, 5) is 0. The van der Waals surface area contributed by atoms with E-state index in [1.54, 1.807) is 0 Å². The molecule has 0 nitrogen and oxygen atoms in total. The molecule has 57 heavy (non-hydrogen) atoms. The number of rotatable bonds is 2. The summed E-state index contributed by atoms with van der Waals surface area (Å²) < 4.78 is 0. The normalized spacial score (nSPS) is 15.8. The third kappa shape index (κ3) is 4.39. The van der Waals surface area contributed by atoms with E-state index in [1.165, 1.54) is 116 Å². The molecule has 0 saturated carbocycles. The Morgan fingerprint density at radius 2 is 0.649 bits per heavy atom. The minimum Gasteiger partial charge on any atom is -0.0619 e. The molecule has 0 radical (unpaired) electrons. The molecule has 268 valence electrons. The van der Waals surface area contributed by atoms with Gasteiger partial charge < -0.3 is 0 Å². The van der Waals surface area contributed by atoms with Gasteiger partial charge in [0, 0.05) is 10.8 Å². The fraction of sp³-hybridized carbons (Fsp3) is 0.123. The van der Waals surface area contributed by atoms with Crippen LogP contribution in [0.5, 0.6) is 0 Å². The van der Waals surface area contributed by atoms with Crippen molar-refractivity contribution < 1.29 is 0 Å². The first kappa shape index (κ1) is 31.7. The van der Waals surface area contributed by atoms with Crippen LogP contribution in [0, 0.1) is 6.92 Å². The fourth-order valence-electron chi connectivity index (χ4n) is 11.9. The van der Waals surface area contributed by atoms with E-state index in [1.807, 2.05) is 0 Å². The molecule has 0 heteroatoms. The van der Waals surface area contributed by atoms with Crippen LogP contribution >= 0.6 is 0 Å². The predicted octanol–water partition coefficient (Wildman–Crippen LogP) is 13.8. The molecule has 0 atom stereocenters. The molecule has 0 amide bonds. The van der Waals surface area contributed by atoms with E-state index in [2.05, 4.69) is 183 Å². The van der Waals surface area contributed by atoms with Gasteiger partial charge in [0.1, 0.15) is 0 Å². The van der Waals surface area contributed by atoms with E-state index in [0.29, 0.717) is 0 Å². The minimum absolute atomic E-state index is 0.0533. The highest BCUT2D eigenvalue weighted by atomic mass is 14.5. The lowest BCUT2D eigenvalue weighted by molar-refractivity contribution is 0.564. The number of aryl methyl sites for hydroxylation is 1. The van der Waals surface area contributed by atoms with Gasteiger partial charge in [0.05, 0.1) is 0 Å². The molecule has 0 heterocycles. The Morgan fingerprint density at radius 1 is 0.298 bits per heavy atom. The summed E-state index contributed by atoms with van der Waals surface area (Å²) in [6, 6.07) is 67.8. The first-order valence-corrected chi connectivity index (χ1v) is 20.7. The van der Waals surface area contributed by atoms with Gasteiger partial charge in [0.15, 0.2) is 0 Å². The van der Waals surface area contributed by atoms with Crippen LogP contribution in [-0.2, 0) is 36.5 Å². The van der Waals surface area contributed by atoms with Crippen molar-refractivity contribution in [2.45, 2.75) is 43.4 Å². The van der Waals surface area contributed by atoms with E-state index >= 15 is 0 Å². The van der Waals surface area contributed by atoms with Gasteiger partial charge in [-0.1, -0.05) is 158 Å². The van der Waals surface area contributed by atoms with Crippen molar-refractivity contribution >= 4 is 21.5 Å². The highest BCUT2D eigenvalue weighted by Gasteiger charge is 2.48. The molecule has 0 aromatic heterocycles. The molecule has 0 saturated heterocycles. The Labute approximate surface area is 334 Å². The maximum Gasteiger partial charge on any atom is 0.0296 e. The lowest BCUT2D eigenvalue weighted by Gasteiger charge is -2.27. The largest absolute Gasteiger partial charge is 0.0619 e. The molecule has 4 aliphatic rings. The van der Waals surface area contributed by atoms with Gasteiger partial charge in [-0.05, 0) is 167 Å². The van der Waals surface area contributed by atoms with Gasteiger partial charge in [-0.15, -0.1) is 0 Å². The summed E-state index contributed by atoms with van der Waals surface area (Å²) in [5.74, 6) is 0. The quantitative estimate of drug-likeness (QED) is 0.167. The molecule has 0 N–H and O–H groups in total. The third-order valence-electron chi connectivity index (χ3n) is 14.4. The molecule has 13 rings (SSSR count). The van der Waals surface area contributed by atoms with Crippen LogP contribution in [0.25, 0.3) is 66.1 Å². The first-order valence-electron chi connectivity index (χ1n) is 20.7. The zero-order chi connectivity index (χ0) is 37.5. The Kier molecular flexibility index (Phi) is 6.28. The molecular formula is C57H40. The van der Waals surface area contributed by atoms with Gasteiger partial charge in [-0.3, -0.25) is 0 Å². The lowest BCUT2D eigenvalue weighted by Crippen LogP contribution is -2.25. The number of hydrogen-bond donors (Lipinski definition) is 0. The summed E-state index contributed by atoms with van der Waals surface area (Å²) in [7, 11) is 0. The highest BCUT2D eigenvalue weighted by Crippen LogP contribution is 2.58. The average molecular weight is 725 g/mol. The molecule has 4 aliphatic carbocycles. The van der Waals surface area contributed by atoms with Crippen LogP contribution < -0.4 is 0 Å². The maximum absolute atomic E-state index is 2.55. The summed E-state index contributed by atoms with van der Waals surface area (Å²) in [6.45, 7) is 2.26. The maximum atomic E-state index is 2.55. The van der Waals surface area contributed by atoms with E-state index in [9.17, 15) is 0 Å². The molecule has 0 fully saturated rings. The first-order chi connectivity index (χ1) is 28.0. The molecular weight excluding hydrogens is 685 g/mol. The molecule has 0 bridgehead atoms. The summed E-state index contributed by atoms with van der Waals surface area (Å²) in [5.41, 5.74) is 23.9. The number of benzene rings is 9. The molecule has 9 aromatic carbocycles. The van der Waals surface area contributed by atoms with Crippen molar-refractivity contribution in [3.63, 3.8) is 0 Å². The van der Waals surface area contributed by atoms with Crippen LogP contribution in [-0.4, -0.2) is 0 Å². The Balaban J connectivity index is 0.921. The molecule has 2 spiro atoms. The van der Waals surface area contributed by atoms with Crippen molar-refractivity contribution in [2.75, 3.05) is 0 Å². The van der Waals surface area contributed by atoms with Crippen molar-refractivity contribution in [3.8, 4) is 44.5 Å². The van der Waals surface area contributed by atoms with Crippen LogP contribution in [0.1, 0.15) is 50.1 Å². The van der Waals surface area contributed by atoms with E-state index < -0.39 is 0 Å². The van der Waals surface area contributed by atoms with Crippen LogP contribution in [0.3, 0.4) is 0 Å². The Bertz CT molecular complexity index is 2910. The minimum atomic E-state index is -0.0533. The molecule has 0 aliphatic heterocycles. The average Bonchev–Trinajstić information content (AvgIpc) is 3.97. The smallest absolute Gasteiger partial charge is 0.0296 e. The predicted molar refractivity (Wildman–Crippen MR) is 237 cm³/mol. The second-order valence-corrected chi connectivity index (χ2v) is 17.5. The molecule has 0 unspecified atom stereocenters. The Hall–Kier alpha value is -6.50. The van der Waals surface area contributed by atoms with Gasteiger partial charge in [0.25, 0.3) is 0 Å². The zero-order valence-electron chi connectivity index (χ0n) is 32.1. The van der Waals surface area contributed by atoms with Crippen LogP contribution in [0.4, 0.5) is 0 Å². The lowest BCUT2D eigenvalue weighted by atomic mass is 9.75. The van der Waals surface area contributed by atoms with Gasteiger partial charge >= 0.3 is 0 Å². The fourth-order valence-corrected chi connectivity index (χ4v) is 11.9. The third-order valence-corrected chi connectivity index (χ3v) is 14.4. The van der Waals surface area contributed by atoms with Crippen molar-refractivity contribution in [2.24, 2.45) is 0 Å². The van der Waals surface area contributed by atoms with E-state index in [0.717, 1.165) is 25.7 Å². The summed E-state index contributed by atoms with van der Waals surface area (Å²) >= 11 is 0. The summed E-state index contributed by atoms with van der Waals surface area (Å²) in [6.07, 6.45) is 4.16. The van der Waals surface area contributed by atoms with E-state index in [4.69, 9.17) is 0 Å². The number of hydrogen-bond acceptors (Lipinski definition) is 0. The Morgan fingerprint density at radius 3 is 1.05 bits per heavy atom. The topological polar surface area (TPSA) is 0 Å². The second-order valence-electron chi connectivity index (χ2n) is 17.5. The highest BCUT2D eigenvalue weighted by molar-refractivity contribution is 5.91. The van der Waals surface area contributed by atoms with Gasteiger partial charge in [-0.25, -0.2) is 0 Å². The summed E-state index contributed by atoms with van der Waals surface area (Å²) in [5, 5.41) is 5.36. The second kappa shape index (κ2) is 11.3.